The molecule has 4 atom stereocenters. The van der Waals surface area contributed by atoms with Gasteiger partial charge in [-0.2, -0.15) is 13.2 Å². The zero-order chi connectivity index (χ0) is 33.3. The number of piperidine rings is 1. The van der Waals surface area contributed by atoms with E-state index >= 15 is 0 Å². The van der Waals surface area contributed by atoms with E-state index in [9.17, 15) is 31.2 Å². The van der Waals surface area contributed by atoms with Crippen molar-refractivity contribution in [2.45, 2.75) is 38.5 Å². The molecule has 46 heavy (non-hydrogen) atoms. The van der Waals surface area contributed by atoms with Crippen molar-refractivity contribution in [1.82, 2.24) is 34.3 Å². The highest BCUT2D eigenvalue weighted by molar-refractivity contribution is 7.89. The Labute approximate surface area is 265 Å². The molecule has 0 bridgehead atoms. The third-order valence-electron chi connectivity index (χ3n) is 8.24. The van der Waals surface area contributed by atoms with Gasteiger partial charge in [-0.25, -0.2) is 27.8 Å². The molecule has 1 amide bonds. The molecule has 1 saturated carbocycles. The number of carbonyl (C=O) groups is 1. The number of alkyl halides is 3. The Morgan fingerprint density at radius 3 is 2.52 bits per heavy atom. The predicted octanol–water partition coefficient (Wildman–Crippen LogP) is 3.16. The van der Waals surface area contributed by atoms with Crippen LogP contribution in [0.2, 0.25) is 5.15 Å². The number of fused-ring (bicyclic) bond motifs is 2. The number of aryl methyl sites for hydroxylation is 1. The first kappa shape index (κ1) is 31.7. The van der Waals surface area contributed by atoms with Gasteiger partial charge in [0.15, 0.2) is 5.69 Å². The van der Waals surface area contributed by atoms with Crippen molar-refractivity contribution in [3.63, 3.8) is 0 Å². The lowest BCUT2D eigenvalue weighted by Gasteiger charge is -2.25. The van der Waals surface area contributed by atoms with Crippen molar-refractivity contribution in [2.75, 3.05) is 29.6 Å². The summed E-state index contributed by atoms with van der Waals surface area (Å²) in [5, 5.41) is 11.2. The van der Waals surface area contributed by atoms with Crippen molar-refractivity contribution >= 4 is 50.1 Å². The van der Waals surface area contributed by atoms with E-state index in [1.807, 2.05) is 29.5 Å². The third kappa shape index (κ3) is 6.25. The smallest absolute Gasteiger partial charge is 0.377 e. The number of benzene rings is 1. The summed E-state index contributed by atoms with van der Waals surface area (Å²) >= 11 is 6.01. The largest absolute Gasteiger partial charge is 0.408 e. The standard InChI is InChI=1S/C28H29ClF3N9O4S/c1-13-7-15(14(2)33-19-5-6-21(29)34-24(19)25(42)37-46(4,44)45)23-16(8-13)26(43)39(3)27(35-23)40-9-17-18(10-40)22(17)20-11-41(38-36-20)12-28(30,31)32/h5-8,11,14,17-18,22,33H,9-10,12H2,1-4H3,(H,37,42)/t14-,17-,18+,22?/m1/s1. The number of rotatable bonds is 8. The van der Waals surface area contributed by atoms with Crippen LogP contribution in [-0.2, 0) is 23.6 Å². The monoisotopic (exact) mass is 679 g/mol. The highest BCUT2D eigenvalue weighted by Gasteiger charge is 2.58. The molecule has 4 aromatic rings. The van der Waals surface area contributed by atoms with Gasteiger partial charge in [-0.05, 0) is 49.4 Å². The maximum absolute atomic E-state index is 13.6. The Morgan fingerprint density at radius 2 is 1.87 bits per heavy atom. The summed E-state index contributed by atoms with van der Waals surface area (Å²) in [6.45, 7) is 3.53. The summed E-state index contributed by atoms with van der Waals surface area (Å²) in [4.78, 5) is 37.3. The first-order chi connectivity index (χ1) is 21.5. The molecule has 244 valence electrons. The molecule has 1 unspecified atom stereocenters. The van der Waals surface area contributed by atoms with Crippen LogP contribution in [0.1, 0.15) is 46.2 Å². The molecule has 4 heterocycles. The van der Waals surface area contributed by atoms with Gasteiger partial charge in [0.25, 0.3) is 11.5 Å². The van der Waals surface area contributed by atoms with Gasteiger partial charge in [0, 0.05) is 37.8 Å². The van der Waals surface area contributed by atoms with E-state index in [0.29, 0.717) is 41.2 Å². The minimum absolute atomic E-state index is 0.00973. The summed E-state index contributed by atoms with van der Waals surface area (Å²) in [6.07, 6.45) is -2.19. The summed E-state index contributed by atoms with van der Waals surface area (Å²) < 4.78 is 65.9. The highest BCUT2D eigenvalue weighted by atomic mass is 35.5. The van der Waals surface area contributed by atoms with Crippen molar-refractivity contribution in [2.24, 2.45) is 18.9 Å². The molecule has 1 saturated heterocycles. The fourth-order valence-corrected chi connectivity index (χ4v) is 6.84. The number of hydrogen-bond donors (Lipinski definition) is 2. The van der Waals surface area contributed by atoms with Crippen LogP contribution < -0.4 is 20.5 Å². The average Bonchev–Trinajstić information content (AvgIpc) is 3.24. The summed E-state index contributed by atoms with van der Waals surface area (Å²) in [5.74, 6) is -0.258. The summed E-state index contributed by atoms with van der Waals surface area (Å²) in [5.41, 5.74) is 2.16. The molecule has 13 nitrogen and oxygen atoms in total. The van der Waals surface area contributed by atoms with Gasteiger partial charge >= 0.3 is 6.18 Å². The molecular formula is C28H29ClF3N9O4S. The predicted molar refractivity (Wildman–Crippen MR) is 163 cm³/mol. The lowest BCUT2D eigenvalue weighted by Crippen LogP contribution is -2.32. The number of sulfonamides is 1. The Balaban J connectivity index is 1.28. The molecule has 2 N–H and O–H groups in total. The van der Waals surface area contributed by atoms with Crippen LogP contribution in [0.25, 0.3) is 10.9 Å². The van der Waals surface area contributed by atoms with E-state index in [4.69, 9.17) is 16.6 Å². The molecule has 2 fully saturated rings. The second kappa shape index (κ2) is 11.2. The van der Waals surface area contributed by atoms with Gasteiger partial charge in [-0.15, -0.1) is 5.10 Å². The third-order valence-corrected chi connectivity index (χ3v) is 9.01. The van der Waals surface area contributed by atoms with Gasteiger partial charge in [0.2, 0.25) is 16.0 Å². The van der Waals surface area contributed by atoms with Crippen LogP contribution in [0.5, 0.6) is 0 Å². The van der Waals surface area contributed by atoms with Crippen molar-refractivity contribution < 1.29 is 26.4 Å². The fourth-order valence-electron chi connectivity index (χ4n) is 6.26. The lowest BCUT2D eigenvalue weighted by atomic mass is 10.0. The Bertz CT molecular complexity index is 2040. The van der Waals surface area contributed by atoms with Gasteiger partial charge in [0.05, 0.1) is 34.6 Å². The highest BCUT2D eigenvalue weighted by Crippen LogP contribution is 2.58. The first-order valence-electron chi connectivity index (χ1n) is 14.2. The molecule has 1 aliphatic carbocycles. The van der Waals surface area contributed by atoms with Crippen LogP contribution >= 0.6 is 11.6 Å². The average molecular weight is 680 g/mol. The van der Waals surface area contributed by atoms with Crippen molar-refractivity contribution in [3.05, 3.63) is 68.5 Å². The number of aromatic nitrogens is 6. The summed E-state index contributed by atoms with van der Waals surface area (Å²) in [6, 6.07) is 6.06. The minimum atomic E-state index is -4.39. The molecule has 2 aliphatic rings. The number of nitrogens with one attached hydrogen (secondary N) is 2. The van der Waals surface area contributed by atoms with Crippen LogP contribution in [0.3, 0.4) is 0 Å². The zero-order valence-electron chi connectivity index (χ0n) is 25.0. The minimum Gasteiger partial charge on any atom is -0.377 e. The van der Waals surface area contributed by atoms with Gasteiger partial charge < -0.3 is 10.2 Å². The number of nitrogens with zero attached hydrogens (tertiary/aromatic N) is 7. The van der Waals surface area contributed by atoms with E-state index in [1.54, 1.807) is 13.1 Å². The topological polar surface area (TPSA) is 157 Å². The molecule has 3 aromatic heterocycles. The fraction of sp³-hybridized carbons (Fsp3) is 0.429. The van der Waals surface area contributed by atoms with E-state index in [2.05, 4.69) is 20.6 Å². The summed E-state index contributed by atoms with van der Waals surface area (Å²) in [7, 11) is -2.23. The first-order valence-corrected chi connectivity index (χ1v) is 16.4. The number of carbonyl (C=O) groups excluding carboxylic acids is 1. The molecule has 6 rings (SSSR count). The van der Waals surface area contributed by atoms with Crippen LogP contribution in [-0.4, -0.2) is 69.4 Å². The second-order valence-electron chi connectivity index (χ2n) is 11.8. The van der Waals surface area contributed by atoms with Crippen LogP contribution in [0.4, 0.5) is 24.8 Å². The zero-order valence-corrected chi connectivity index (χ0v) is 26.6. The van der Waals surface area contributed by atoms with Crippen LogP contribution in [0.15, 0.2) is 35.3 Å². The Morgan fingerprint density at radius 1 is 1.17 bits per heavy atom. The Kier molecular flexibility index (Phi) is 7.74. The second-order valence-corrected chi connectivity index (χ2v) is 14.0. The van der Waals surface area contributed by atoms with Crippen molar-refractivity contribution in [1.29, 1.82) is 0 Å². The van der Waals surface area contributed by atoms with Crippen molar-refractivity contribution in [3.8, 4) is 0 Å². The molecule has 1 aliphatic heterocycles. The molecule has 1 aromatic carbocycles. The maximum atomic E-state index is 13.6. The SMILES string of the molecule is Cc1cc([C@@H](C)Nc2ccc(Cl)nc2C(=O)NS(C)(=O)=O)c2nc(N3C[C@@H]4C(c5cn(CC(F)(F)F)nn5)[C@@H]4C3)n(C)c(=O)c2c1. The number of pyridine rings is 1. The molecule has 18 heteroatoms. The molecule has 0 radical (unpaired) electrons. The number of anilines is 2. The van der Waals surface area contributed by atoms with E-state index < -0.39 is 34.7 Å². The quantitative estimate of drug-likeness (QED) is 0.265. The normalized spacial score (nSPS) is 20.1. The maximum Gasteiger partial charge on any atom is 0.408 e. The number of halogens is 4. The Hall–Kier alpha value is -4.25. The molecule has 0 spiro atoms. The van der Waals surface area contributed by atoms with Gasteiger partial charge in [-0.1, -0.05) is 22.9 Å². The number of amides is 1. The van der Waals surface area contributed by atoms with Gasteiger partial charge in [0.1, 0.15) is 11.7 Å². The van der Waals surface area contributed by atoms with E-state index in [0.717, 1.165) is 16.5 Å². The van der Waals surface area contributed by atoms with E-state index in [1.165, 1.54) is 22.9 Å². The lowest BCUT2D eigenvalue weighted by molar-refractivity contribution is -0.142. The van der Waals surface area contributed by atoms with Crippen LogP contribution in [0, 0.1) is 18.8 Å². The number of hydrogen-bond acceptors (Lipinski definition) is 10. The van der Waals surface area contributed by atoms with E-state index in [-0.39, 0.29) is 39.8 Å². The van der Waals surface area contributed by atoms with Gasteiger partial charge in [-0.3, -0.25) is 14.2 Å². The molecular weight excluding hydrogens is 651 g/mol.